The Hall–Kier alpha value is -2.73. The van der Waals surface area contributed by atoms with Gasteiger partial charge in [0.05, 0.1) is 4.90 Å². The fraction of sp³-hybridized carbons (Fsp3) is 0. The van der Waals surface area contributed by atoms with Gasteiger partial charge in [-0.3, -0.25) is 4.79 Å². The summed E-state index contributed by atoms with van der Waals surface area (Å²) in [6, 6.07) is 6.44. The predicted octanol–water partition coefficient (Wildman–Crippen LogP) is 1.74. The molecule has 136 valence electrons. The normalized spacial score (nSPS) is 13.6. The lowest BCUT2D eigenvalue weighted by Crippen LogP contribution is -2.04. The smallest absolute Gasteiger partial charge is 0.202 e. The lowest BCUT2D eigenvalue weighted by molar-refractivity contribution is 0.362. The van der Waals surface area contributed by atoms with Crippen molar-refractivity contribution in [2.24, 2.45) is 0 Å². The summed E-state index contributed by atoms with van der Waals surface area (Å²) in [7, 11) is 0. The molecule has 0 saturated heterocycles. The van der Waals surface area contributed by atoms with Crippen LogP contribution in [-0.4, -0.2) is 32.8 Å². The van der Waals surface area contributed by atoms with E-state index in [0.29, 0.717) is 0 Å². The molecule has 0 saturated carbocycles. The molecule has 0 aliphatic carbocycles. The number of phenolic OH excluding ortho intramolecular Hbond substituents is 3. The van der Waals surface area contributed by atoms with Crippen molar-refractivity contribution >= 4 is 33.1 Å². The highest BCUT2D eigenvalue weighted by molar-refractivity contribution is 7.79. The Balaban J connectivity index is 2.42. The molecule has 2 atom stereocenters. The Morgan fingerprint density at radius 1 is 0.885 bits per heavy atom. The molecule has 26 heavy (non-hydrogen) atoms. The van der Waals surface area contributed by atoms with E-state index in [9.17, 15) is 33.1 Å². The number of hydrogen-bond acceptors (Lipinski definition) is 7. The van der Waals surface area contributed by atoms with E-state index in [1.54, 1.807) is 0 Å². The van der Waals surface area contributed by atoms with Crippen LogP contribution >= 0.6 is 0 Å². The maximum atomic E-state index is 12.3. The van der Waals surface area contributed by atoms with E-state index < -0.39 is 60.7 Å². The quantitative estimate of drug-likeness (QED) is 0.326. The molecule has 0 fully saturated rings. The van der Waals surface area contributed by atoms with E-state index >= 15 is 0 Å². The molecule has 3 aromatic rings. The number of hydrogen-bond donors (Lipinski definition) is 5. The van der Waals surface area contributed by atoms with Crippen LogP contribution in [0.5, 0.6) is 17.2 Å². The van der Waals surface area contributed by atoms with Gasteiger partial charge in [0.15, 0.2) is 49.6 Å². The standard InChI is InChI=1S/C15H10O9S2/c16-8-5-9(6-2-1-3-7(4-6)25(20)21)24-14-10(8)11(17)12(18)13(19)15(14)26(22)23/h1-5,17-19H,(H,20,21)(H,22,23). The first-order chi connectivity index (χ1) is 12.2. The minimum Gasteiger partial charge on any atom is -0.504 e. The van der Waals surface area contributed by atoms with Crippen LogP contribution in [-0.2, 0) is 22.2 Å². The zero-order valence-corrected chi connectivity index (χ0v) is 14.2. The van der Waals surface area contributed by atoms with Gasteiger partial charge in [-0.15, -0.1) is 0 Å². The minimum atomic E-state index is -2.86. The molecule has 2 aromatic carbocycles. The first-order valence-electron chi connectivity index (χ1n) is 6.79. The minimum absolute atomic E-state index is 0.0209. The molecule has 11 heteroatoms. The van der Waals surface area contributed by atoms with Crippen LogP contribution in [0, 0.1) is 0 Å². The summed E-state index contributed by atoms with van der Waals surface area (Å²) >= 11 is -5.15. The zero-order chi connectivity index (χ0) is 19.2. The van der Waals surface area contributed by atoms with Crippen LogP contribution in [0.3, 0.4) is 0 Å². The van der Waals surface area contributed by atoms with Crippen molar-refractivity contribution in [3.63, 3.8) is 0 Å². The fourth-order valence-corrected chi connectivity index (χ4v) is 3.37. The topological polar surface area (TPSA) is 166 Å². The van der Waals surface area contributed by atoms with E-state index in [0.717, 1.165) is 6.07 Å². The van der Waals surface area contributed by atoms with Crippen LogP contribution in [0.1, 0.15) is 0 Å². The molecule has 0 bridgehead atoms. The Morgan fingerprint density at radius 2 is 1.58 bits per heavy atom. The molecule has 0 aliphatic rings. The molecule has 0 amide bonds. The summed E-state index contributed by atoms with van der Waals surface area (Å²) in [5.41, 5.74) is -1.27. The average molecular weight is 398 g/mol. The van der Waals surface area contributed by atoms with Gasteiger partial charge in [0.1, 0.15) is 11.1 Å². The van der Waals surface area contributed by atoms with Crippen molar-refractivity contribution in [1.29, 1.82) is 0 Å². The van der Waals surface area contributed by atoms with Gasteiger partial charge in [-0.05, 0) is 12.1 Å². The van der Waals surface area contributed by atoms with Crippen LogP contribution < -0.4 is 5.43 Å². The highest BCUT2D eigenvalue weighted by Crippen LogP contribution is 2.45. The van der Waals surface area contributed by atoms with Crippen molar-refractivity contribution in [2.75, 3.05) is 0 Å². The molecule has 0 radical (unpaired) electrons. The van der Waals surface area contributed by atoms with Crippen molar-refractivity contribution in [1.82, 2.24) is 0 Å². The third-order valence-corrected chi connectivity index (χ3v) is 4.93. The lowest BCUT2D eigenvalue weighted by atomic mass is 10.1. The van der Waals surface area contributed by atoms with Crippen molar-refractivity contribution in [2.45, 2.75) is 9.79 Å². The molecule has 1 heterocycles. The molecule has 2 unspecified atom stereocenters. The van der Waals surface area contributed by atoms with E-state index in [1.165, 1.54) is 24.3 Å². The van der Waals surface area contributed by atoms with Crippen LogP contribution in [0.15, 0.2) is 49.3 Å². The van der Waals surface area contributed by atoms with Gasteiger partial charge in [-0.2, -0.15) is 0 Å². The Labute approximate surface area is 149 Å². The Morgan fingerprint density at radius 3 is 2.19 bits per heavy atom. The maximum Gasteiger partial charge on any atom is 0.202 e. The molecular formula is C15H10O9S2. The Kier molecular flexibility index (Phi) is 4.54. The largest absolute Gasteiger partial charge is 0.504 e. The fourth-order valence-electron chi connectivity index (χ4n) is 2.39. The second-order valence-electron chi connectivity index (χ2n) is 5.08. The van der Waals surface area contributed by atoms with E-state index in [2.05, 4.69) is 0 Å². The second kappa shape index (κ2) is 6.53. The molecule has 0 spiro atoms. The predicted molar refractivity (Wildman–Crippen MR) is 91.0 cm³/mol. The first kappa shape index (κ1) is 18.1. The number of aromatic hydroxyl groups is 3. The first-order valence-corrected chi connectivity index (χ1v) is 9.00. The maximum absolute atomic E-state index is 12.3. The van der Waals surface area contributed by atoms with Gasteiger partial charge < -0.3 is 28.8 Å². The number of fused-ring (bicyclic) bond motifs is 1. The van der Waals surface area contributed by atoms with Gasteiger partial charge in [-0.1, -0.05) is 12.1 Å². The molecule has 0 aliphatic heterocycles. The highest BCUT2D eigenvalue weighted by Gasteiger charge is 2.26. The zero-order valence-electron chi connectivity index (χ0n) is 12.6. The summed E-state index contributed by atoms with van der Waals surface area (Å²) in [6.45, 7) is 0. The van der Waals surface area contributed by atoms with E-state index in [4.69, 9.17) is 8.97 Å². The highest BCUT2D eigenvalue weighted by atomic mass is 32.2. The monoisotopic (exact) mass is 398 g/mol. The number of benzene rings is 2. The SMILES string of the molecule is O=c1cc(-c2cccc(S(=O)O)c2)oc2c(S(=O)O)c(O)c(O)c(O)c12. The molecular weight excluding hydrogens is 388 g/mol. The van der Waals surface area contributed by atoms with E-state index in [1.807, 2.05) is 0 Å². The van der Waals surface area contributed by atoms with Crippen molar-refractivity contribution in [3.05, 3.63) is 40.6 Å². The molecule has 9 nitrogen and oxygen atoms in total. The average Bonchev–Trinajstić information content (AvgIpc) is 2.59. The van der Waals surface area contributed by atoms with Gasteiger partial charge >= 0.3 is 0 Å². The van der Waals surface area contributed by atoms with Gasteiger partial charge in [0.25, 0.3) is 0 Å². The molecule has 3 rings (SSSR count). The Bertz CT molecular complexity index is 1150. The van der Waals surface area contributed by atoms with Crippen LogP contribution in [0.4, 0.5) is 0 Å². The van der Waals surface area contributed by atoms with Crippen LogP contribution in [0.25, 0.3) is 22.3 Å². The third-order valence-electron chi connectivity index (χ3n) is 3.55. The van der Waals surface area contributed by atoms with Gasteiger partial charge in [0.2, 0.25) is 5.75 Å². The molecule has 1 aromatic heterocycles. The van der Waals surface area contributed by atoms with Crippen LogP contribution in [0.2, 0.25) is 0 Å². The summed E-state index contributed by atoms with van der Waals surface area (Å²) in [6.07, 6.45) is 0. The summed E-state index contributed by atoms with van der Waals surface area (Å²) < 4.78 is 46.6. The van der Waals surface area contributed by atoms with Crippen molar-refractivity contribution in [3.8, 4) is 28.6 Å². The second-order valence-corrected chi connectivity index (χ2v) is 6.96. The lowest BCUT2D eigenvalue weighted by Gasteiger charge is -2.10. The van der Waals surface area contributed by atoms with Gasteiger partial charge in [-0.25, -0.2) is 8.42 Å². The van der Waals surface area contributed by atoms with Gasteiger partial charge in [0, 0.05) is 11.6 Å². The summed E-state index contributed by atoms with van der Waals surface area (Å²) in [4.78, 5) is 11.6. The number of rotatable bonds is 3. The van der Waals surface area contributed by atoms with Crippen molar-refractivity contribution < 1.29 is 37.3 Å². The van der Waals surface area contributed by atoms with E-state index in [-0.39, 0.29) is 16.2 Å². The number of phenols is 3. The summed E-state index contributed by atoms with van der Waals surface area (Å²) in [5, 5.41) is 28.8. The molecule has 5 N–H and O–H groups in total. The third kappa shape index (κ3) is 2.86. The summed E-state index contributed by atoms with van der Waals surface area (Å²) in [5.74, 6) is -3.39.